The number of carbonyl (C=O) groups is 1. The lowest BCUT2D eigenvalue weighted by Gasteiger charge is -2.11. The SMILES string of the molecule is CC#C[C@@H](OC(=O)OC)c1ccccc1. The van der Waals surface area contributed by atoms with Crippen LogP contribution in [-0.2, 0) is 9.47 Å². The topological polar surface area (TPSA) is 35.5 Å². The van der Waals surface area contributed by atoms with Crippen molar-refractivity contribution in [3.8, 4) is 11.8 Å². The summed E-state index contributed by atoms with van der Waals surface area (Å²) >= 11 is 0. The van der Waals surface area contributed by atoms with Gasteiger partial charge in [-0.1, -0.05) is 36.3 Å². The number of rotatable bonds is 2. The fourth-order valence-electron chi connectivity index (χ4n) is 1.08. The fourth-order valence-corrected chi connectivity index (χ4v) is 1.08. The Morgan fingerprint density at radius 1 is 1.33 bits per heavy atom. The predicted molar refractivity (Wildman–Crippen MR) is 56.1 cm³/mol. The molecule has 0 heterocycles. The summed E-state index contributed by atoms with van der Waals surface area (Å²) in [5.41, 5.74) is 0.831. The molecule has 0 unspecified atom stereocenters. The first-order valence-electron chi connectivity index (χ1n) is 4.49. The molecule has 1 aromatic carbocycles. The summed E-state index contributed by atoms with van der Waals surface area (Å²) in [5, 5.41) is 0. The van der Waals surface area contributed by atoms with Crippen molar-refractivity contribution in [1.29, 1.82) is 0 Å². The molecule has 0 N–H and O–H groups in total. The summed E-state index contributed by atoms with van der Waals surface area (Å²) < 4.78 is 9.41. The number of methoxy groups -OCH3 is 1. The van der Waals surface area contributed by atoms with Crippen LogP contribution < -0.4 is 0 Å². The van der Waals surface area contributed by atoms with Crippen LogP contribution in [0.1, 0.15) is 18.6 Å². The third-order valence-corrected chi connectivity index (χ3v) is 1.76. The Hall–Kier alpha value is -1.95. The highest BCUT2D eigenvalue weighted by molar-refractivity contribution is 5.60. The fraction of sp³-hybridized carbons (Fsp3) is 0.250. The Morgan fingerprint density at radius 2 is 2.00 bits per heavy atom. The van der Waals surface area contributed by atoms with Crippen molar-refractivity contribution >= 4 is 6.16 Å². The molecule has 0 aliphatic carbocycles. The van der Waals surface area contributed by atoms with E-state index >= 15 is 0 Å². The number of hydrogen-bond acceptors (Lipinski definition) is 3. The summed E-state index contributed by atoms with van der Waals surface area (Å²) in [6, 6.07) is 9.30. The van der Waals surface area contributed by atoms with Crippen LogP contribution in [0.2, 0.25) is 0 Å². The van der Waals surface area contributed by atoms with Gasteiger partial charge in [-0.2, -0.15) is 0 Å². The molecule has 0 amide bonds. The molecule has 0 saturated heterocycles. The molecule has 0 radical (unpaired) electrons. The Bertz CT molecular complexity index is 373. The molecular formula is C12H12O3. The van der Waals surface area contributed by atoms with Crippen LogP contribution >= 0.6 is 0 Å². The molecule has 78 valence electrons. The van der Waals surface area contributed by atoms with E-state index in [9.17, 15) is 4.79 Å². The van der Waals surface area contributed by atoms with E-state index < -0.39 is 12.3 Å². The van der Waals surface area contributed by atoms with Gasteiger partial charge in [-0.15, -0.1) is 5.92 Å². The second-order valence-electron chi connectivity index (χ2n) is 2.76. The highest BCUT2D eigenvalue weighted by Crippen LogP contribution is 2.16. The van der Waals surface area contributed by atoms with Gasteiger partial charge < -0.3 is 9.47 Å². The van der Waals surface area contributed by atoms with Gasteiger partial charge in [0.1, 0.15) is 0 Å². The molecule has 0 aliphatic heterocycles. The first-order valence-corrected chi connectivity index (χ1v) is 4.49. The first kappa shape index (κ1) is 11.1. The van der Waals surface area contributed by atoms with Crippen molar-refractivity contribution in [2.75, 3.05) is 7.11 Å². The van der Waals surface area contributed by atoms with Crippen LogP contribution in [0.4, 0.5) is 4.79 Å². The molecule has 0 aromatic heterocycles. The molecule has 15 heavy (non-hydrogen) atoms. The quantitative estimate of drug-likeness (QED) is 0.548. The van der Waals surface area contributed by atoms with Gasteiger partial charge >= 0.3 is 6.16 Å². The summed E-state index contributed by atoms with van der Waals surface area (Å²) in [6.45, 7) is 1.69. The summed E-state index contributed by atoms with van der Waals surface area (Å²) in [5.74, 6) is 5.50. The number of benzene rings is 1. The van der Waals surface area contributed by atoms with E-state index in [0.29, 0.717) is 0 Å². The first-order chi connectivity index (χ1) is 7.27. The maximum atomic E-state index is 11.0. The van der Waals surface area contributed by atoms with Crippen molar-refractivity contribution in [3.63, 3.8) is 0 Å². The monoisotopic (exact) mass is 204 g/mol. The van der Waals surface area contributed by atoms with Gasteiger partial charge in [0.05, 0.1) is 7.11 Å². The molecule has 3 heteroatoms. The van der Waals surface area contributed by atoms with Gasteiger partial charge in [0.2, 0.25) is 0 Å². The minimum absolute atomic E-state index is 0.566. The van der Waals surface area contributed by atoms with Gasteiger partial charge in [-0.05, 0) is 6.92 Å². The van der Waals surface area contributed by atoms with Crippen LogP contribution in [0.25, 0.3) is 0 Å². The Balaban J connectivity index is 2.82. The largest absolute Gasteiger partial charge is 0.509 e. The average molecular weight is 204 g/mol. The number of hydrogen-bond donors (Lipinski definition) is 0. The zero-order chi connectivity index (χ0) is 11.1. The van der Waals surface area contributed by atoms with Crippen molar-refractivity contribution in [2.45, 2.75) is 13.0 Å². The lowest BCUT2D eigenvalue weighted by molar-refractivity contribution is 0.0550. The standard InChI is InChI=1S/C12H12O3/c1-3-7-11(15-12(13)14-2)10-8-5-4-6-9-10/h4-6,8-9,11H,1-2H3/t11-/m1/s1. The smallest absolute Gasteiger partial charge is 0.438 e. The molecule has 0 bridgehead atoms. The summed E-state index contributed by atoms with van der Waals surface area (Å²) in [6.07, 6.45) is -1.30. The molecule has 1 aromatic rings. The molecule has 0 fully saturated rings. The Morgan fingerprint density at radius 3 is 2.53 bits per heavy atom. The number of ether oxygens (including phenoxy) is 2. The van der Waals surface area contributed by atoms with Crippen LogP contribution in [0.5, 0.6) is 0 Å². The molecular weight excluding hydrogens is 192 g/mol. The highest BCUT2D eigenvalue weighted by Gasteiger charge is 2.13. The molecule has 0 saturated carbocycles. The van der Waals surface area contributed by atoms with Gasteiger partial charge in [0.25, 0.3) is 0 Å². The third-order valence-electron chi connectivity index (χ3n) is 1.76. The average Bonchev–Trinajstić information content (AvgIpc) is 2.29. The van der Waals surface area contributed by atoms with Crippen LogP contribution in [0.3, 0.4) is 0 Å². The normalized spacial score (nSPS) is 10.8. The zero-order valence-corrected chi connectivity index (χ0v) is 8.69. The van der Waals surface area contributed by atoms with Crippen LogP contribution in [-0.4, -0.2) is 13.3 Å². The molecule has 0 aliphatic rings. The van der Waals surface area contributed by atoms with E-state index in [0.717, 1.165) is 5.56 Å². The highest BCUT2D eigenvalue weighted by atomic mass is 16.7. The van der Waals surface area contributed by atoms with Gasteiger partial charge in [0, 0.05) is 5.56 Å². The minimum Gasteiger partial charge on any atom is -0.438 e. The maximum absolute atomic E-state index is 11.0. The maximum Gasteiger partial charge on any atom is 0.509 e. The lowest BCUT2D eigenvalue weighted by Crippen LogP contribution is -2.09. The van der Waals surface area contributed by atoms with E-state index in [-0.39, 0.29) is 0 Å². The Kier molecular flexibility index (Phi) is 4.24. The lowest BCUT2D eigenvalue weighted by atomic mass is 10.1. The molecule has 1 rings (SSSR count). The molecule has 3 nitrogen and oxygen atoms in total. The third kappa shape index (κ3) is 3.35. The predicted octanol–water partition coefficient (Wildman–Crippen LogP) is 2.53. The minimum atomic E-state index is -0.730. The van der Waals surface area contributed by atoms with E-state index in [1.807, 2.05) is 30.3 Å². The van der Waals surface area contributed by atoms with E-state index in [1.165, 1.54) is 7.11 Å². The van der Waals surface area contributed by atoms with Crippen LogP contribution in [0, 0.1) is 11.8 Å². The Labute approximate surface area is 89.0 Å². The summed E-state index contributed by atoms with van der Waals surface area (Å²) in [7, 11) is 1.27. The van der Waals surface area contributed by atoms with E-state index in [4.69, 9.17) is 4.74 Å². The molecule has 1 atom stereocenters. The second-order valence-corrected chi connectivity index (χ2v) is 2.76. The van der Waals surface area contributed by atoms with Crippen molar-refractivity contribution in [2.24, 2.45) is 0 Å². The van der Waals surface area contributed by atoms with Crippen molar-refractivity contribution in [3.05, 3.63) is 35.9 Å². The molecule has 0 spiro atoms. The van der Waals surface area contributed by atoms with E-state index in [1.54, 1.807) is 6.92 Å². The van der Waals surface area contributed by atoms with E-state index in [2.05, 4.69) is 16.6 Å². The van der Waals surface area contributed by atoms with Crippen molar-refractivity contribution in [1.82, 2.24) is 0 Å². The zero-order valence-electron chi connectivity index (χ0n) is 8.69. The van der Waals surface area contributed by atoms with Gasteiger partial charge in [-0.25, -0.2) is 4.79 Å². The van der Waals surface area contributed by atoms with Gasteiger partial charge in [0.15, 0.2) is 6.10 Å². The second kappa shape index (κ2) is 5.71. The number of carbonyl (C=O) groups excluding carboxylic acids is 1. The van der Waals surface area contributed by atoms with Crippen molar-refractivity contribution < 1.29 is 14.3 Å². The summed E-state index contributed by atoms with van der Waals surface area (Å²) in [4.78, 5) is 11.0. The van der Waals surface area contributed by atoms with Gasteiger partial charge in [-0.3, -0.25) is 0 Å². The van der Waals surface area contributed by atoms with Crippen LogP contribution in [0.15, 0.2) is 30.3 Å².